The summed E-state index contributed by atoms with van der Waals surface area (Å²) in [6.07, 6.45) is 6.67. The fourth-order valence-corrected chi connectivity index (χ4v) is 2.15. The molecule has 0 aliphatic heterocycles. The summed E-state index contributed by atoms with van der Waals surface area (Å²) in [7, 11) is 0. The zero-order chi connectivity index (χ0) is 9.52. The van der Waals surface area contributed by atoms with Crippen LogP contribution in [0.1, 0.15) is 39.5 Å². The van der Waals surface area contributed by atoms with Crippen molar-refractivity contribution in [3.8, 4) is 0 Å². The first-order valence-electron chi connectivity index (χ1n) is 4.89. The first kappa shape index (κ1) is 10.6. The number of aromatic nitrogens is 3. The number of nitrogens with zero attached hydrogens (tertiary/aromatic N) is 2. The van der Waals surface area contributed by atoms with E-state index in [1.165, 1.54) is 25.7 Å². The molecule has 74 valence electrons. The molecule has 0 radical (unpaired) electrons. The first-order valence-corrected chi connectivity index (χ1v) is 5.77. The minimum Gasteiger partial charge on any atom is -0.265 e. The molecule has 0 saturated carbocycles. The molecule has 3 nitrogen and oxygen atoms in total. The van der Waals surface area contributed by atoms with Crippen LogP contribution in [0.15, 0.2) is 11.5 Å². The molecule has 1 atom stereocenters. The number of unbranched alkanes of at least 4 members (excludes halogenated alkanes) is 1. The Morgan fingerprint density at radius 1 is 1.54 bits per heavy atom. The summed E-state index contributed by atoms with van der Waals surface area (Å²) < 4.78 is 0. The lowest BCUT2D eigenvalue weighted by molar-refractivity contribution is 0.668. The van der Waals surface area contributed by atoms with Crippen molar-refractivity contribution in [2.75, 3.05) is 0 Å². The molecule has 0 fully saturated rings. The molecule has 1 rings (SSSR count). The number of nitrogens with one attached hydrogen (secondary N) is 1. The van der Waals surface area contributed by atoms with E-state index >= 15 is 0 Å². The van der Waals surface area contributed by atoms with E-state index in [4.69, 9.17) is 0 Å². The molecular weight excluding hydrogens is 182 g/mol. The Balaban J connectivity index is 2.31. The highest BCUT2D eigenvalue weighted by Crippen LogP contribution is 2.25. The average molecular weight is 199 g/mol. The largest absolute Gasteiger partial charge is 0.265 e. The maximum absolute atomic E-state index is 4.11. The van der Waals surface area contributed by atoms with Crippen molar-refractivity contribution in [1.29, 1.82) is 0 Å². The number of aromatic amines is 1. The van der Waals surface area contributed by atoms with Crippen LogP contribution in [0.4, 0.5) is 0 Å². The lowest BCUT2D eigenvalue weighted by atomic mass is 10.2. The van der Waals surface area contributed by atoms with Gasteiger partial charge in [-0.15, -0.1) is 5.10 Å². The third kappa shape index (κ3) is 3.81. The topological polar surface area (TPSA) is 41.6 Å². The van der Waals surface area contributed by atoms with E-state index in [1.807, 2.05) is 0 Å². The summed E-state index contributed by atoms with van der Waals surface area (Å²) in [6.45, 7) is 4.45. The fraction of sp³-hybridized carbons (Fsp3) is 0.778. The Labute approximate surface area is 83.7 Å². The van der Waals surface area contributed by atoms with Crippen molar-refractivity contribution < 1.29 is 0 Å². The summed E-state index contributed by atoms with van der Waals surface area (Å²) in [5, 5.41) is 8.33. The molecule has 13 heavy (non-hydrogen) atoms. The molecule has 4 heteroatoms. The van der Waals surface area contributed by atoms with Gasteiger partial charge < -0.3 is 0 Å². The van der Waals surface area contributed by atoms with Crippen molar-refractivity contribution in [1.82, 2.24) is 15.2 Å². The Morgan fingerprint density at radius 2 is 2.38 bits per heavy atom. The van der Waals surface area contributed by atoms with Gasteiger partial charge in [-0.2, -0.15) is 0 Å². The van der Waals surface area contributed by atoms with E-state index < -0.39 is 0 Å². The number of thioether (sulfide) groups is 1. The maximum Gasteiger partial charge on any atom is 0.208 e. The van der Waals surface area contributed by atoms with Crippen molar-refractivity contribution in [2.24, 2.45) is 0 Å². The highest BCUT2D eigenvalue weighted by molar-refractivity contribution is 7.99. The minimum absolute atomic E-state index is 0.677. The number of hydrogen-bond acceptors (Lipinski definition) is 3. The molecule has 0 aliphatic rings. The SMILES string of the molecule is CCCCC(CC)Sc1nc[nH]n1. The maximum atomic E-state index is 4.11. The highest BCUT2D eigenvalue weighted by atomic mass is 32.2. The summed E-state index contributed by atoms with van der Waals surface area (Å²) >= 11 is 1.78. The normalized spacial score (nSPS) is 13.1. The summed E-state index contributed by atoms with van der Waals surface area (Å²) in [4.78, 5) is 4.11. The lowest BCUT2D eigenvalue weighted by Gasteiger charge is -2.10. The minimum atomic E-state index is 0.677. The van der Waals surface area contributed by atoms with E-state index in [2.05, 4.69) is 29.0 Å². The second-order valence-electron chi connectivity index (χ2n) is 3.07. The predicted octanol–water partition coefficient (Wildman–Crippen LogP) is 2.87. The van der Waals surface area contributed by atoms with Gasteiger partial charge in [0.1, 0.15) is 6.33 Å². The molecule has 1 aromatic heterocycles. The van der Waals surface area contributed by atoms with E-state index in [0.29, 0.717) is 5.25 Å². The van der Waals surface area contributed by atoms with Gasteiger partial charge in [-0.25, -0.2) is 4.98 Å². The van der Waals surface area contributed by atoms with Crippen LogP contribution in [0.3, 0.4) is 0 Å². The van der Waals surface area contributed by atoms with Gasteiger partial charge in [-0.1, -0.05) is 38.5 Å². The van der Waals surface area contributed by atoms with E-state index in [0.717, 1.165) is 5.16 Å². The Bertz CT molecular complexity index is 211. The second kappa shape index (κ2) is 6.02. The summed E-state index contributed by atoms with van der Waals surface area (Å²) in [5.74, 6) is 0. The highest BCUT2D eigenvalue weighted by Gasteiger charge is 2.09. The smallest absolute Gasteiger partial charge is 0.208 e. The predicted molar refractivity (Wildman–Crippen MR) is 55.8 cm³/mol. The molecule has 1 aromatic rings. The van der Waals surface area contributed by atoms with Gasteiger partial charge in [-0.05, 0) is 12.8 Å². The number of rotatable bonds is 6. The van der Waals surface area contributed by atoms with Gasteiger partial charge in [0.05, 0.1) is 0 Å². The molecule has 0 bridgehead atoms. The van der Waals surface area contributed by atoms with Gasteiger partial charge in [0.25, 0.3) is 0 Å². The monoisotopic (exact) mass is 199 g/mol. The van der Waals surface area contributed by atoms with Crippen LogP contribution in [0, 0.1) is 0 Å². The quantitative estimate of drug-likeness (QED) is 0.716. The van der Waals surface area contributed by atoms with Crippen LogP contribution in [-0.4, -0.2) is 20.4 Å². The third-order valence-electron chi connectivity index (χ3n) is 2.00. The molecule has 0 aliphatic carbocycles. The molecule has 0 saturated heterocycles. The Kier molecular flexibility index (Phi) is 4.90. The number of hydrogen-bond donors (Lipinski definition) is 1. The van der Waals surface area contributed by atoms with E-state index in [9.17, 15) is 0 Å². The van der Waals surface area contributed by atoms with Crippen molar-refractivity contribution in [2.45, 2.75) is 49.9 Å². The standard InChI is InChI=1S/C9H17N3S/c1-3-5-6-8(4-2)13-9-10-7-11-12-9/h7-8H,3-6H2,1-2H3,(H,10,11,12). The Hall–Kier alpha value is -0.510. The molecule has 0 aromatic carbocycles. The van der Waals surface area contributed by atoms with Gasteiger partial charge in [0.15, 0.2) is 0 Å². The zero-order valence-corrected chi connectivity index (χ0v) is 9.10. The average Bonchev–Trinajstić information content (AvgIpc) is 2.64. The van der Waals surface area contributed by atoms with Crippen molar-refractivity contribution in [3.63, 3.8) is 0 Å². The van der Waals surface area contributed by atoms with Crippen LogP contribution < -0.4 is 0 Å². The lowest BCUT2D eigenvalue weighted by Crippen LogP contribution is -2.00. The van der Waals surface area contributed by atoms with Crippen LogP contribution in [-0.2, 0) is 0 Å². The molecule has 0 amide bonds. The second-order valence-corrected chi connectivity index (χ2v) is 4.34. The molecule has 1 unspecified atom stereocenters. The van der Waals surface area contributed by atoms with E-state index in [1.54, 1.807) is 18.1 Å². The molecule has 1 N–H and O–H groups in total. The fourth-order valence-electron chi connectivity index (χ4n) is 1.18. The van der Waals surface area contributed by atoms with Crippen LogP contribution in [0.2, 0.25) is 0 Å². The van der Waals surface area contributed by atoms with Gasteiger partial charge in [-0.3, -0.25) is 5.10 Å². The van der Waals surface area contributed by atoms with Crippen LogP contribution >= 0.6 is 11.8 Å². The number of H-pyrrole nitrogens is 1. The van der Waals surface area contributed by atoms with Crippen molar-refractivity contribution >= 4 is 11.8 Å². The Morgan fingerprint density at radius 3 is 2.92 bits per heavy atom. The van der Waals surface area contributed by atoms with Gasteiger partial charge >= 0.3 is 0 Å². The van der Waals surface area contributed by atoms with Crippen LogP contribution in [0.25, 0.3) is 0 Å². The zero-order valence-electron chi connectivity index (χ0n) is 8.29. The van der Waals surface area contributed by atoms with Crippen molar-refractivity contribution in [3.05, 3.63) is 6.33 Å². The van der Waals surface area contributed by atoms with E-state index in [-0.39, 0.29) is 0 Å². The molecule has 0 spiro atoms. The van der Waals surface area contributed by atoms with Crippen LogP contribution in [0.5, 0.6) is 0 Å². The van der Waals surface area contributed by atoms with Gasteiger partial charge in [0, 0.05) is 5.25 Å². The molecular formula is C9H17N3S. The van der Waals surface area contributed by atoms with Gasteiger partial charge in [0.2, 0.25) is 5.16 Å². The summed E-state index contributed by atoms with van der Waals surface area (Å²) in [6, 6.07) is 0. The summed E-state index contributed by atoms with van der Waals surface area (Å²) in [5.41, 5.74) is 0. The third-order valence-corrected chi connectivity index (χ3v) is 3.31. The first-order chi connectivity index (χ1) is 6.36. The molecule has 1 heterocycles.